The fourth-order valence-electron chi connectivity index (χ4n) is 4.79. The molecule has 1 N–H and O–H groups in total. The molecule has 1 aliphatic rings. The van der Waals surface area contributed by atoms with Gasteiger partial charge in [-0.2, -0.15) is 23.1 Å². The Bertz CT molecular complexity index is 1730. The summed E-state index contributed by atoms with van der Waals surface area (Å²) >= 11 is 6.41. The number of hydrogen-bond donors (Lipinski definition) is 1. The lowest BCUT2D eigenvalue weighted by Crippen LogP contribution is -2.35. The van der Waals surface area contributed by atoms with E-state index in [2.05, 4.69) is 25.8 Å². The number of nitrogens with zero attached hydrogens (tertiary/aromatic N) is 6. The number of aromatic nitrogens is 6. The molecule has 0 saturated heterocycles. The molecule has 1 fully saturated rings. The predicted molar refractivity (Wildman–Crippen MR) is 149 cm³/mol. The smallest absolute Gasteiger partial charge is 0.349 e. The molecule has 5 rings (SSSR count). The molecule has 10 nitrogen and oxygen atoms in total. The molecule has 0 spiro atoms. The molecule has 4 aromatic rings. The number of amides is 1. The van der Waals surface area contributed by atoms with Crippen LogP contribution in [-0.4, -0.2) is 53.5 Å². The second kappa shape index (κ2) is 11.7. The van der Waals surface area contributed by atoms with Crippen LogP contribution in [0.5, 0.6) is 0 Å². The lowest BCUT2D eigenvalue weighted by Gasteiger charge is -2.18. The number of halogens is 4. The number of tetrazole rings is 1. The minimum absolute atomic E-state index is 0.0650. The molecule has 2 aromatic heterocycles. The van der Waals surface area contributed by atoms with Gasteiger partial charge in [-0.3, -0.25) is 14.4 Å². The van der Waals surface area contributed by atoms with Crippen molar-refractivity contribution in [2.45, 2.75) is 58.8 Å². The van der Waals surface area contributed by atoms with Crippen LogP contribution in [0.3, 0.4) is 0 Å². The Hall–Kier alpha value is -4.39. The maximum absolute atomic E-state index is 13.9. The summed E-state index contributed by atoms with van der Waals surface area (Å²) in [7, 11) is 0. The standard InChI is InChI=1S/C29H27ClF3N7O3/c1-15-10-19(17(3)41)11-22(27(43)34-16(2)18-8-9-18)21(15)13-26(42)25-12-20(14-39-37-28(35-38-39)29(31,32)33)36-40(25)24-7-5-4-6-23(24)30/h4-7,10-12,16,18H,8-9,13-14H2,1-3H3,(H,34,43). The first-order valence-electron chi connectivity index (χ1n) is 13.5. The SMILES string of the molecule is CC(=O)c1cc(C)c(CC(=O)c2cc(Cn3nnc(C(F)(F)F)n3)nn2-c2ccccc2Cl)c(C(=O)NC(C)C2CC2)c1. The van der Waals surface area contributed by atoms with Crippen LogP contribution in [-0.2, 0) is 19.1 Å². The number of benzene rings is 2. The highest BCUT2D eigenvalue weighted by atomic mass is 35.5. The van der Waals surface area contributed by atoms with E-state index in [0.29, 0.717) is 28.3 Å². The summed E-state index contributed by atoms with van der Waals surface area (Å²) in [6.07, 6.45) is -2.95. The lowest BCUT2D eigenvalue weighted by molar-refractivity contribution is -0.145. The van der Waals surface area contributed by atoms with E-state index >= 15 is 0 Å². The number of Topliss-reactive ketones (excluding diaryl/α,β-unsaturated/α-hetero) is 2. The zero-order valence-electron chi connectivity index (χ0n) is 23.4. The van der Waals surface area contributed by atoms with E-state index in [1.165, 1.54) is 23.7 Å². The Morgan fingerprint density at radius 1 is 1.12 bits per heavy atom. The maximum atomic E-state index is 13.9. The Balaban J connectivity index is 1.52. The maximum Gasteiger partial charge on any atom is 0.455 e. The normalized spacial score (nSPS) is 14.0. The van der Waals surface area contributed by atoms with Crippen LogP contribution in [0, 0.1) is 12.8 Å². The summed E-state index contributed by atoms with van der Waals surface area (Å²) in [5, 5.41) is 17.6. The summed E-state index contributed by atoms with van der Waals surface area (Å²) < 4.78 is 40.3. The molecule has 0 aliphatic heterocycles. The third-order valence-corrected chi connectivity index (χ3v) is 7.61. The number of para-hydroxylation sites is 1. The largest absolute Gasteiger partial charge is 0.455 e. The van der Waals surface area contributed by atoms with Crippen LogP contribution in [0.1, 0.15) is 80.5 Å². The van der Waals surface area contributed by atoms with Gasteiger partial charge in [0.15, 0.2) is 11.6 Å². The predicted octanol–water partition coefficient (Wildman–Crippen LogP) is 5.04. The fourth-order valence-corrected chi connectivity index (χ4v) is 5.00. The summed E-state index contributed by atoms with van der Waals surface area (Å²) in [6.45, 7) is 4.74. The summed E-state index contributed by atoms with van der Waals surface area (Å²) in [4.78, 5) is 40.2. The van der Waals surface area contributed by atoms with Gasteiger partial charge in [0.05, 0.1) is 16.4 Å². The van der Waals surface area contributed by atoms with Crippen molar-refractivity contribution in [2.75, 3.05) is 0 Å². The molecule has 2 aromatic carbocycles. The van der Waals surface area contributed by atoms with Gasteiger partial charge in [-0.15, -0.1) is 10.2 Å². The molecule has 0 radical (unpaired) electrons. The summed E-state index contributed by atoms with van der Waals surface area (Å²) in [5.41, 5.74) is 2.21. The van der Waals surface area contributed by atoms with Crippen LogP contribution in [0.4, 0.5) is 13.2 Å². The Morgan fingerprint density at radius 2 is 1.84 bits per heavy atom. The van der Waals surface area contributed by atoms with E-state index in [0.717, 1.165) is 17.6 Å². The molecule has 1 unspecified atom stereocenters. The first kappa shape index (κ1) is 30.1. The van der Waals surface area contributed by atoms with Crippen LogP contribution >= 0.6 is 11.6 Å². The first-order valence-corrected chi connectivity index (χ1v) is 13.9. The number of aryl methyl sites for hydroxylation is 1. The Labute approximate surface area is 249 Å². The third-order valence-electron chi connectivity index (χ3n) is 7.29. The summed E-state index contributed by atoms with van der Waals surface area (Å²) in [6, 6.07) is 11.1. The molecule has 1 aliphatic carbocycles. The zero-order chi connectivity index (χ0) is 31.1. The average Bonchev–Trinajstić information content (AvgIpc) is 3.54. The minimum Gasteiger partial charge on any atom is -0.349 e. The molecule has 1 amide bonds. The van der Waals surface area contributed by atoms with Crippen molar-refractivity contribution in [3.05, 3.63) is 87.0 Å². The van der Waals surface area contributed by atoms with E-state index in [-0.39, 0.29) is 52.7 Å². The van der Waals surface area contributed by atoms with Crippen LogP contribution in [0.15, 0.2) is 42.5 Å². The molecule has 1 saturated carbocycles. The molecular formula is C29H27ClF3N7O3. The highest BCUT2D eigenvalue weighted by molar-refractivity contribution is 6.32. The van der Waals surface area contributed by atoms with Gasteiger partial charge in [-0.05, 0) is 86.2 Å². The highest BCUT2D eigenvalue weighted by Gasteiger charge is 2.37. The molecule has 224 valence electrons. The van der Waals surface area contributed by atoms with Crippen molar-refractivity contribution in [1.29, 1.82) is 0 Å². The average molecular weight is 614 g/mol. The molecule has 0 bridgehead atoms. The molecule has 43 heavy (non-hydrogen) atoms. The van der Waals surface area contributed by atoms with E-state index in [9.17, 15) is 27.6 Å². The van der Waals surface area contributed by atoms with Crippen molar-refractivity contribution in [2.24, 2.45) is 5.92 Å². The minimum atomic E-state index is -4.77. The van der Waals surface area contributed by atoms with Crippen LogP contribution in [0.25, 0.3) is 5.69 Å². The zero-order valence-corrected chi connectivity index (χ0v) is 24.2. The molecular weight excluding hydrogens is 587 g/mol. The number of alkyl halides is 3. The van der Waals surface area contributed by atoms with Gasteiger partial charge in [0.1, 0.15) is 12.2 Å². The third kappa shape index (κ3) is 6.66. The van der Waals surface area contributed by atoms with E-state index in [1.807, 2.05) is 6.92 Å². The number of hydrogen-bond acceptors (Lipinski definition) is 7. The number of nitrogens with one attached hydrogen (secondary N) is 1. The Morgan fingerprint density at radius 3 is 2.47 bits per heavy atom. The highest BCUT2D eigenvalue weighted by Crippen LogP contribution is 2.33. The van der Waals surface area contributed by atoms with Gasteiger partial charge >= 0.3 is 6.18 Å². The number of carbonyl (C=O) groups excluding carboxylic acids is 3. The molecule has 1 atom stereocenters. The van der Waals surface area contributed by atoms with Gasteiger partial charge in [-0.25, -0.2) is 4.68 Å². The second-order valence-electron chi connectivity index (χ2n) is 10.6. The first-order chi connectivity index (χ1) is 20.3. The van der Waals surface area contributed by atoms with Gasteiger partial charge in [-0.1, -0.05) is 23.7 Å². The molecule has 2 heterocycles. The number of carbonyl (C=O) groups is 3. The summed E-state index contributed by atoms with van der Waals surface area (Å²) in [5.74, 6) is -2.06. The van der Waals surface area contributed by atoms with Crippen molar-refractivity contribution in [3.8, 4) is 5.69 Å². The monoisotopic (exact) mass is 613 g/mol. The molecule has 14 heteroatoms. The van der Waals surface area contributed by atoms with Crippen LogP contribution < -0.4 is 5.32 Å². The van der Waals surface area contributed by atoms with E-state index in [4.69, 9.17) is 11.6 Å². The number of ketones is 2. The Kier molecular flexibility index (Phi) is 8.19. The van der Waals surface area contributed by atoms with E-state index in [1.54, 1.807) is 37.3 Å². The van der Waals surface area contributed by atoms with Crippen LogP contribution in [0.2, 0.25) is 5.02 Å². The topological polar surface area (TPSA) is 125 Å². The quantitative estimate of drug-likeness (QED) is 0.248. The van der Waals surface area contributed by atoms with Gasteiger partial charge in [0.2, 0.25) is 0 Å². The second-order valence-corrected chi connectivity index (χ2v) is 11.0. The van der Waals surface area contributed by atoms with Crippen molar-refractivity contribution in [3.63, 3.8) is 0 Å². The van der Waals surface area contributed by atoms with Crippen molar-refractivity contribution < 1.29 is 27.6 Å². The fraction of sp³-hybridized carbons (Fsp3) is 0.345. The van der Waals surface area contributed by atoms with Crippen molar-refractivity contribution >= 4 is 29.1 Å². The van der Waals surface area contributed by atoms with Gasteiger partial charge in [0.25, 0.3) is 11.7 Å². The number of rotatable bonds is 10. The van der Waals surface area contributed by atoms with Gasteiger partial charge < -0.3 is 5.32 Å². The van der Waals surface area contributed by atoms with Crippen molar-refractivity contribution in [1.82, 2.24) is 35.3 Å². The van der Waals surface area contributed by atoms with Gasteiger partial charge in [0, 0.05) is 23.6 Å². The lowest BCUT2D eigenvalue weighted by atomic mass is 9.92. The van der Waals surface area contributed by atoms with E-state index < -0.39 is 17.8 Å².